The molecule has 1 aromatic carbocycles. The Kier molecular flexibility index (Phi) is 5.39. The molecule has 0 fully saturated rings. The van der Waals surface area contributed by atoms with E-state index in [9.17, 15) is 4.79 Å². The van der Waals surface area contributed by atoms with E-state index in [2.05, 4.69) is 15.6 Å². The minimum atomic E-state index is -0.251. The number of carbonyl (C=O) groups excluding carboxylic acids is 1. The van der Waals surface area contributed by atoms with Crippen molar-refractivity contribution in [1.82, 2.24) is 19.8 Å². The summed E-state index contributed by atoms with van der Waals surface area (Å²) in [4.78, 5) is 14.4. The van der Waals surface area contributed by atoms with Crippen LogP contribution >= 0.6 is 0 Å². The van der Waals surface area contributed by atoms with Crippen molar-refractivity contribution in [2.45, 2.75) is 27.3 Å². The lowest BCUT2D eigenvalue weighted by Crippen LogP contribution is -2.32. The maximum Gasteiger partial charge on any atom is 0.323 e. The van der Waals surface area contributed by atoms with Gasteiger partial charge in [0.25, 0.3) is 0 Å². The predicted molar refractivity (Wildman–Crippen MR) is 106 cm³/mol. The lowest BCUT2D eigenvalue weighted by molar-refractivity contribution is 0.220. The summed E-state index contributed by atoms with van der Waals surface area (Å²) in [5.41, 5.74) is 4.20. The van der Waals surface area contributed by atoms with Gasteiger partial charge in [-0.3, -0.25) is 10.00 Å². The van der Waals surface area contributed by atoms with Crippen LogP contribution in [0, 0.1) is 20.8 Å². The van der Waals surface area contributed by atoms with Crippen molar-refractivity contribution in [3.63, 3.8) is 0 Å². The topological polar surface area (TPSA) is 85.4 Å². The van der Waals surface area contributed by atoms with Crippen molar-refractivity contribution in [3.8, 4) is 16.9 Å². The summed E-state index contributed by atoms with van der Waals surface area (Å²) in [6, 6.07) is 7.42. The van der Waals surface area contributed by atoms with Crippen molar-refractivity contribution in [2.24, 2.45) is 7.05 Å². The van der Waals surface area contributed by atoms with Gasteiger partial charge in [-0.1, -0.05) is 23.4 Å². The van der Waals surface area contributed by atoms with Crippen LogP contribution in [-0.4, -0.2) is 40.0 Å². The van der Waals surface area contributed by atoms with E-state index in [4.69, 9.17) is 9.26 Å². The molecule has 0 atom stereocenters. The van der Waals surface area contributed by atoms with Gasteiger partial charge in [0.15, 0.2) is 0 Å². The second-order valence-electron chi connectivity index (χ2n) is 6.72. The number of hydrogen-bond donors (Lipinski definition) is 1. The number of urea groups is 1. The number of hydrogen-bond acceptors (Lipinski definition) is 5. The Morgan fingerprint density at radius 3 is 2.61 bits per heavy atom. The van der Waals surface area contributed by atoms with Crippen molar-refractivity contribution < 1.29 is 14.1 Å². The number of rotatable bonds is 5. The van der Waals surface area contributed by atoms with Crippen LogP contribution in [0.2, 0.25) is 0 Å². The van der Waals surface area contributed by atoms with Crippen LogP contribution in [-0.2, 0) is 13.6 Å². The third-order valence-corrected chi connectivity index (χ3v) is 4.75. The molecule has 0 unspecified atom stereocenters. The fraction of sp³-hybridized carbons (Fsp3) is 0.350. The van der Waals surface area contributed by atoms with Crippen LogP contribution in [0.5, 0.6) is 5.75 Å². The third kappa shape index (κ3) is 3.58. The van der Waals surface area contributed by atoms with Gasteiger partial charge in [0.05, 0.1) is 30.6 Å². The van der Waals surface area contributed by atoms with E-state index in [1.807, 2.05) is 45.0 Å². The van der Waals surface area contributed by atoms with Crippen LogP contribution in [0.15, 0.2) is 28.8 Å². The molecule has 3 rings (SSSR count). The lowest BCUT2D eigenvalue weighted by atomic mass is 10.0. The number of carbonyl (C=O) groups is 1. The highest BCUT2D eigenvalue weighted by Crippen LogP contribution is 2.37. The van der Waals surface area contributed by atoms with E-state index in [0.717, 1.165) is 33.8 Å². The zero-order valence-corrected chi connectivity index (χ0v) is 17.0. The van der Waals surface area contributed by atoms with Gasteiger partial charge in [-0.05, 0) is 26.8 Å². The lowest BCUT2D eigenvalue weighted by Gasteiger charge is -2.19. The van der Waals surface area contributed by atoms with Gasteiger partial charge in [0, 0.05) is 25.2 Å². The molecule has 2 heterocycles. The standard InChI is InChI=1S/C20H25N5O3/c1-12-16(14(3)28-23-12)11-24(4)20(26)21-19-18(13(2)22-25(19)5)15-9-7-8-10-17(15)27-6/h7-10H,11H2,1-6H3,(H,21,26). The minimum Gasteiger partial charge on any atom is -0.496 e. The molecule has 0 spiro atoms. The van der Waals surface area contributed by atoms with Crippen LogP contribution in [0.1, 0.15) is 22.7 Å². The molecule has 8 heteroatoms. The number of benzene rings is 1. The first kappa shape index (κ1) is 19.5. The van der Waals surface area contributed by atoms with Gasteiger partial charge < -0.3 is 14.2 Å². The first-order valence-electron chi connectivity index (χ1n) is 8.94. The molecule has 2 aromatic heterocycles. The Labute approximate surface area is 164 Å². The fourth-order valence-electron chi connectivity index (χ4n) is 3.21. The molecular weight excluding hydrogens is 358 g/mol. The average Bonchev–Trinajstić information content (AvgIpc) is 3.13. The molecule has 0 aliphatic heterocycles. The van der Waals surface area contributed by atoms with Crippen LogP contribution < -0.4 is 10.1 Å². The molecule has 0 saturated heterocycles. The normalized spacial score (nSPS) is 10.8. The number of amides is 2. The molecule has 3 aromatic rings. The Morgan fingerprint density at radius 2 is 1.96 bits per heavy atom. The van der Waals surface area contributed by atoms with Gasteiger partial charge >= 0.3 is 6.03 Å². The molecule has 8 nitrogen and oxygen atoms in total. The molecule has 0 aliphatic carbocycles. The SMILES string of the molecule is COc1ccccc1-c1c(C)nn(C)c1NC(=O)N(C)Cc1c(C)noc1C. The predicted octanol–water partition coefficient (Wildman–Crippen LogP) is 3.67. The average molecular weight is 383 g/mol. The number of aromatic nitrogens is 3. The summed E-state index contributed by atoms with van der Waals surface area (Å²) in [6.45, 7) is 6.01. The first-order valence-corrected chi connectivity index (χ1v) is 8.94. The number of nitrogens with zero attached hydrogens (tertiary/aromatic N) is 4. The molecule has 2 amide bonds. The van der Waals surface area contributed by atoms with E-state index < -0.39 is 0 Å². The van der Waals surface area contributed by atoms with Crippen LogP contribution in [0.3, 0.4) is 0 Å². The van der Waals surface area contributed by atoms with Gasteiger partial charge in [-0.15, -0.1) is 0 Å². The number of aryl methyl sites for hydroxylation is 4. The van der Waals surface area contributed by atoms with Gasteiger partial charge in [-0.2, -0.15) is 5.10 Å². The maximum absolute atomic E-state index is 12.9. The molecule has 0 aliphatic rings. The maximum atomic E-state index is 12.9. The molecular formula is C20H25N5O3. The Hall–Kier alpha value is -3.29. The first-order chi connectivity index (χ1) is 13.3. The second kappa shape index (κ2) is 7.75. The van der Waals surface area contributed by atoms with E-state index in [1.54, 1.807) is 30.8 Å². The quantitative estimate of drug-likeness (QED) is 0.726. The number of para-hydroxylation sites is 1. The van der Waals surface area contributed by atoms with E-state index in [1.165, 1.54) is 0 Å². The summed E-state index contributed by atoms with van der Waals surface area (Å²) in [5.74, 6) is 2.04. The highest BCUT2D eigenvalue weighted by atomic mass is 16.5. The molecule has 28 heavy (non-hydrogen) atoms. The molecule has 0 saturated carbocycles. The second-order valence-corrected chi connectivity index (χ2v) is 6.72. The van der Waals surface area contributed by atoms with Crippen molar-refractivity contribution >= 4 is 11.8 Å². The summed E-state index contributed by atoms with van der Waals surface area (Å²) < 4.78 is 12.3. The molecule has 0 radical (unpaired) electrons. The van der Waals surface area contributed by atoms with Crippen LogP contribution in [0.25, 0.3) is 11.1 Å². The van der Waals surface area contributed by atoms with E-state index >= 15 is 0 Å². The highest BCUT2D eigenvalue weighted by Gasteiger charge is 2.22. The van der Waals surface area contributed by atoms with E-state index in [0.29, 0.717) is 18.1 Å². The summed E-state index contributed by atoms with van der Waals surface area (Å²) >= 11 is 0. The Balaban J connectivity index is 1.89. The Morgan fingerprint density at radius 1 is 1.25 bits per heavy atom. The summed E-state index contributed by atoms with van der Waals surface area (Å²) in [7, 11) is 5.16. The Bertz CT molecular complexity index is 986. The van der Waals surface area contributed by atoms with Gasteiger partial charge in [-0.25, -0.2) is 4.79 Å². The molecule has 0 bridgehead atoms. The zero-order chi connectivity index (χ0) is 20.4. The number of ether oxygens (including phenoxy) is 1. The molecule has 148 valence electrons. The minimum absolute atomic E-state index is 0.251. The van der Waals surface area contributed by atoms with Gasteiger partial charge in [0.2, 0.25) is 0 Å². The van der Waals surface area contributed by atoms with Crippen molar-refractivity contribution in [2.75, 3.05) is 19.5 Å². The highest BCUT2D eigenvalue weighted by molar-refractivity contribution is 5.94. The number of nitrogens with one attached hydrogen (secondary N) is 1. The van der Waals surface area contributed by atoms with Crippen molar-refractivity contribution in [1.29, 1.82) is 0 Å². The molecule has 1 N–H and O–H groups in total. The number of anilines is 1. The third-order valence-electron chi connectivity index (χ3n) is 4.75. The monoisotopic (exact) mass is 383 g/mol. The van der Waals surface area contributed by atoms with Crippen molar-refractivity contribution in [3.05, 3.63) is 47.0 Å². The summed E-state index contributed by atoms with van der Waals surface area (Å²) in [6.07, 6.45) is 0. The largest absolute Gasteiger partial charge is 0.496 e. The van der Waals surface area contributed by atoms with Crippen LogP contribution in [0.4, 0.5) is 10.6 Å². The number of methoxy groups -OCH3 is 1. The van der Waals surface area contributed by atoms with Gasteiger partial charge in [0.1, 0.15) is 17.3 Å². The zero-order valence-electron chi connectivity index (χ0n) is 17.0. The fourth-order valence-corrected chi connectivity index (χ4v) is 3.21. The summed E-state index contributed by atoms with van der Waals surface area (Å²) in [5, 5.41) is 11.4. The van der Waals surface area contributed by atoms with E-state index in [-0.39, 0.29) is 6.03 Å². The smallest absolute Gasteiger partial charge is 0.323 e.